The topological polar surface area (TPSA) is 305 Å². The Bertz CT molecular complexity index is 1730. The minimum atomic E-state index is -4.84. The van der Waals surface area contributed by atoms with E-state index in [2.05, 4.69) is 29.9 Å². The van der Waals surface area contributed by atoms with E-state index in [0.717, 1.165) is 6.33 Å². The molecule has 21 heteroatoms. The standard InChI is InChI=1S/C21H27N10O10P/c22-15-9-17(29-21(23)28-15)31(5-26-9)19-13(35)11(33)8(41-19)3-39-42(37,38)14-12(34)7(1-2-32)40-20(14)30-6-27-10-16(30)24-4-25-18(10)36/h4-8,11-14,19-20,32-35H,1-3H2,(H,37,38)(H,24,25,36)(H4,22,23,28,29)/t7-,8-,11-,12-,13-,14-,19-,20-/m1/s1. The fourth-order valence-corrected chi connectivity index (χ4v) is 6.88. The van der Waals surface area contributed by atoms with Gasteiger partial charge in [-0.3, -0.25) is 18.5 Å². The quantitative estimate of drug-likeness (QED) is 0.0919. The van der Waals surface area contributed by atoms with Crippen molar-refractivity contribution in [2.24, 2.45) is 0 Å². The molecule has 2 aliphatic heterocycles. The Morgan fingerprint density at radius 1 is 0.952 bits per heavy atom. The van der Waals surface area contributed by atoms with Gasteiger partial charge >= 0.3 is 7.60 Å². The summed E-state index contributed by atoms with van der Waals surface area (Å²) in [5.41, 5.74) is 9.55. The summed E-state index contributed by atoms with van der Waals surface area (Å²) in [7, 11) is -4.84. The molecule has 2 fully saturated rings. The number of nitrogens with two attached hydrogens (primary N) is 2. The minimum absolute atomic E-state index is 0.0118. The molecule has 2 saturated heterocycles. The highest BCUT2D eigenvalue weighted by Gasteiger charge is 2.55. The van der Waals surface area contributed by atoms with Gasteiger partial charge in [-0.15, -0.1) is 0 Å². The summed E-state index contributed by atoms with van der Waals surface area (Å²) in [5, 5.41) is 41.8. The summed E-state index contributed by atoms with van der Waals surface area (Å²) in [6.07, 6.45) is -6.31. The van der Waals surface area contributed by atoms with Gasteiger partial charge in [-0.2, -0.15) is 9.97 Å². The number of anilines is 2. The van der Waals surface area contributed by atoms with Crippen molar-refractivity contribution < 1.29 is 43.9 Å². The molecule has 1 unspecified atom stereocenters. The molecule has 0 aliphatic carbocycles. The molecule has 0 radical (unpaired) electrons. The van der Waals surface area contributed by atoms with Crippen molar-refractivity contribution in [2.75, 3.05) is 24.7 Å². The zero-order valence-electron chi connectivity index (χ0n) is 21.5. The molecule has 0 amide bonds. The third-order valence-electron chi connectivity index (χ3n) is 7.27. The fourth-order valence-electron chi connectivity index (χ4n) is 5.23. The van der Waals surface area contributed by atoms with Crippen molar-refractivity contribution in [2.45, 2.75) is 55.1 Å². The fraction of sp³-hybridized carbons (Fsp3) is 0.524. The number of fused-ring (bicyclic) bond motifs is 2. The van der Waals surface area contributed by atoms with Gasteiger partial charge in [-0.05, 0) is 6.42 Å². The number of hydrogen-bond acceptors (Lipinski definition) is 16. The van der Waals surface area contributed by atoms with Gasteiger partial charge in [0.15, 0.2) is 35.1 Å². The first-order valence-electron chi connectivity index (χ1n) is 12.6. The molecular weight excluding hydrogens is 583 g/mol. The van der Waals surface area contributed by atoms with E-state index in [1.54, 1.807) is 0 Å². The van der Waals surface area contributed by atoms with Crippen LogP contribution in [0.15, 0.2) is 23.8 Å². The van der Waals surface area contributed by atoms with E-state index in [-0.39, 0.29) is 40.5 Å². The van der Waals surface area contributed by atoms with Crippen molar-refractivity contribution in [3.63, 3.8) is 0 Å². The molecule has 9 atom stereocenters. The monoisotopic (exact) mass is 610 g/mol. The second-order valence-electron chi connectivity index (χ2n) is 9.81. The van der Waals surface area contributed by atoms with Crippen LogP contribution in [0, 0.1) is 0 Å². The number of H-pyrrole nitrogens is 1. The summed E-state index contributed by atoms with van der Waals surface area (Å²) in [6.45, 7) is -1.09. The SMILES string of the molecule is Nc1nc(N)c2ncn([C@@H]3O[C@H](COP(=O)(O)[C@@H]4[C@H](O)[C@@H](CCO)O[C@H]4n4cnc5c(=O)[nH]cnc54)[C@@H](O)[C@H]3O)c2n1. The second-order valence-corrected chi connectivity index (χ2v) is 11.8. The second kappa shape index (κ2) is 10.6. The van der Waals surface area contributed by atoms with Gasteiger partial charge in [0.05, 0.1) is 37.8 Å². The molecule has 20 nitrogen and oxygen atoms in total. The molecule has 42 heavy (non-hydrogen) atoms. The Labute approximate surface area is 234 Å². The molecule has 0 spiro atoms. The number of ether oxygens (including phenoxy) is 2. The van der Waals surface area contributed by atoms with Crippen molar-refractivity contribution >= 4 is 41.7 Å². The van der Waals surface area contributed by atoms with Gasteiger partial charge in [-0.1, -0.05) is 0 Å². The largest absolute Gasteiger partial charge is 0.396 e. The lowest BCUT2D eigenvalue weighted by molar-refractivity contribution is -0.0493. The van der Waals surface area contributed by atoms with E-state index >= 15 is 0 Å². The Hall–Kier alpha value is -3.59. The number of imidazole rings is 2. The number of rotatable bonds is 8. The van der Waals surface area contributed by atoms with Gasteiger partial charge in [0.2, 0.25) is 5.95 Å². The molecule has 0 aromatic carbocycles. The Balaban J connectivity index is 1.25. The highest BCUT2D eigenvalue weighted by atomic mass is 31.2. The number of hydrogen-bond donors (Lipinski definition) is 8. The summed E-state index contributed by atoms with van der Waals surface area (Å²) in [4.78, 5) is 45.6. The maximum Gasteiger partial charge on any atom is 0.338 e. The van der Waals surface area contributed by atoms with Gasteiger partial charge in [0.1, 0.15) is 29.5 Å². The minimum Gasteiger partial charge on any atom is -0.396 e. The molecular formula is C21H27N10O10P. The van der Waals surface area contributed by atoms with Crippen LogP contribution in [0.2, 0.25) is 0 Å². The van der Waals surface area contributed by atoms with Crippen molar-refractivity contribution in [3.8, 4) is 0 Å². The van der Waals surface area contributed by atoms with E-state index in [1.165, 1.54) is 21.8 Å². The van der Waals surface area contributed by atoms with Crippen LogP contribution in [-0.4, -0.2) is 114 Å². The highest BCUT2D eigenvalue weighted by molar-refractivity contribution is 7.53. The van der Waals surface area contributed by atoms with Crippen molar-refractivity contribution in [3.05, 3.63) is 29.3 Å². The number of nitrogens with zero attached hydrogens (tertiary/aromatic N) is 7. The first-order valence-corrected chi connectivity index (χ1v) is 14.2. The lowest BCUT2D eigenvalue weighted by Gasteiger charge is -2.27. The van der Waals surface area contributed by atoms with Crippen LogP contribution < -0.4 is 17.0 Å². The maximum absolute atomic E-state index is 13.6. The number of aromatic nitrogens is 8. The molecule has 2 aliphatic rings. The van der Waals surface area contributed by atoms with Gasteiger partial charge < -0.3 is 55.8 Å². The average molecular weight is 610 g/mol. The van der Waals surface area contributed by atoms with Crippen LogP contribution in [0.5, 0.6) is 0 Å². The van der Waals surface area contributed by atoms with Crippen LogP contribution >= 0.6 is 7.60 Å². The average Bonchev–Trinajstić information content (AvgIpc) is 3.69. The molecule has 226 valence electrons. The summed E-state index contributed by atoms with van der Waals surface area (Å²) in [6, 6.07) is 0. The Morgan fingerprint density at radius 3 is 2.38 bits per heavy atom. The lowest BCUT2D eigenvalue weighted by atomic mass is 10.1. The molecule has 6 rings (SSSR count). The number of nitrogen functional groups attached to an aromatic ring is 2. The molecule has 0 saturated carbocycles. The van der Waals surface area contributed by atoms with Crippen molar-refractivity contribution in [1.29, 1.82) is 0 Å². The summed E-state index contributed by atoms with van der Waals surface area (Å²) >= 11 is 0. The van der Waals surface area contributed by atoms with E-state index in [4.69, 9.17) is 25.5 Å². The number of aromatic amines is 1. The molecule has 4 aromatic rings. The zero-order valence-corrected chi connectivity index (χ0v) is 22.4. The van der Waals surface area contributed by atoms with Crippen LogP contribution in [0.25, 0.3) is 22.3 Å². The summed E-state index contributed by atoms with van der Waals surface area (Å²) in [5.74, 6) is -0.171. The molecule has 6 heterocycles. The molecule has 10 N–H and O–H groups in total. The van der Waals surface area contributed by atoms with Crippen LogP contribution in [0.4, 0.5) is 11.8 Å². The van der Waals surface area contributed by atoms with Crippen LogP contribution in [0.1, 0.15) is 18.9 Å². The third-order valence-corrected chi connectivity index (χ3v) is 9.10. The molecule has 4 aromatic heterocycles. The lowest BCUT2D eigenvalue weighted by Crippen LogP contribution is -2.36. The first-order chi connectivity index (χ1) is 20.0. The predicted molar refractivity (Wildman–Crippen MR) is 139 cm³/mol. The van der Waals surface area contributed by atoms with E-state index in [0.29, 0.717) is 0 Å². The number of nitrogens with one attached hydrogen (secondary N) is 1. The van der Waals surface area contributed by atoms with Gasteiger partial charge in [0, 0.05) is 6.61 Å². The van der Waals surface area contributed by atoms with Crippen LogP contribution in [0.3, 0.4) is 0 Å². The zero-order chi connectivity index (χ0) is 29.9. The van der Waals surface area contributed by atoms with Crippen molar-refractivity contribution in [1.82, 2.24) is 39.0 Å². The normalized spacial score (nSPS) is 31.3. The number of aliphatic hydroxyl groups is 4. The van der Waals surface area contributed by atoms with Gasteiger partial charge in [-0.25, -0.2) is 15.0 Å². The van der Waals surface area contributed by atoms with E-state index < -0.39 is 75.0 Å². The highest BCUT2D eigenvalue weighted by Crippen LogP contribution is 2.58. The third kappa shape index (κ3) is 4.62. The Kier molecular flexibility index (Phi) is 7.20. The Morgan fingerprint density at radius 2 is 1.64 bits per heavy atom. The number of aliphatic hydroxyl groups excluding tert-OH is 4. The summed E-state index contributed by atoms with van der Waals surface area (Å²) < 4.78 is 33.1. The first kappa shape index (κ1) is 28.5. The molecule has 0 bridgehead atoms. The van der Waals surface area contributed by atoms with E-state index in [1.807, 2.05) is 0 Å². The predicted octanol–water partition coefficient (Wildman–Crippen LogP) is -3.05. The smallest absolute Gasteiger partial charge is 0.338 e. The van der Waals surface area contributed by atoms with Crippen LogP contribution in [-0.2, 0) is 18.6 Å². The van der Waals surface area contributed by atoms with Gasteiger partial charge in [0.25, 0.3) is 5.56 Å². The van der Waals surface area contributed by atoms with E-state index in [9.17, 15) is 34.7 Å². The maximum atomic E-state index is 13.6.